The third-order valence-electron chi connectivity index (χ3n) is 0.644. The summed E-state index contributed by atoms with van der Waals surface area (Å²) in [4.78, 5) is 0. The first-order valence-electron chi connectivity index (χ1n) is 3.58. The molecule has 0 amide bonds. The third kappa shape index (κ3) is 71.0. The van der Waals surface area contributed by atoms with E-state index in [0.29, 0.717) is 0 Å². The van der Waals surface area contributed by atoms with Crippen LogP contribution in [0.3, 0.4) is 0 Å². The van der Waals surface area contributed by atoms with Gasteiger partial charge in [0.2, 0.25) is 0 Å². The minimum atomic E-state index is 0. The molecular formula is C18H32. The zero-order chi connectivity index (χ0) is 11.1. The Morgan fingerprint density at radius 2 is 0.833 bits per heavy atom. The summed E-state index contributed by atoms with van der Waals surface area (Å²) in [5, 5.41) is 0. The van der Waals surface area contributed by atoms with Crippen LogP contribution < -0.4 is 0 Å². The number of hydrogen-bond donors (Lipinski definition) is 0. The van der Waals surface area contributed by atoms with Gasteiger partial charge in [-0.1, -0.05) is 41.5 Å². The molecule has 0 atom stereocenters. The number of rotatable bonds is 0. The first-order valence-corrected chi connectivity index (χ1v) is 3.58. The van der Waals surface area contributed by atoms with Gasteiger partial charge in [-0.2, -0.15) is 0 Å². The average molecular weight is 248 g/mol. The van der Waals surface area contributed by atoms with Crippen molar-refractivity contribution in [1.29, 1.82) is 0 Å². The molecule has 0 heterocycles. The molecule has 0 saturated carbocycles. The molecule has 0 aliphatic rings. The van der Waals surface area contributed by atoms with E-state index in [1.54, 1.807) is 13.8 Å². The fraction of sp³-hybridized carbons (Fsp3) is 0.333. The molecule has 0 aliphatic heterocycles. The van der Waals surface area contributed by atoms with Gasteiger partial charge in [-0.15, -0.1) is 12.8 Å². The third-order valence-corrected chi connectivity index (χ3v) is 0.644. The van der Waals surface area contributed by atoms with E-state index in [9.17, 15) is 0 Å². The quantitative estimate of drug-likeness (QED) is 0.539. The Hall–Kier alpha value is -2.64. The van der Waals surface area contributed by atoms with Crippen LogP contribution in [0.25, 0.3) is 0 Å². The molecule has 0 nitrogen and oxygen atoms in total. The second-order valence-electron chi connectivity index (χ2n) is 1.54. The average Bonchev–Trinajstić information content (AvgIpc) is 2.21. The lowest BCUT2D eigenvalue weighted by molar-refractivity contribution is 1.92. The van der Waals surface area contributed by atoms with Crippen LogP contribution in [0, 0.1) is 72.1 Å². The van der Waals surface area contributed by atoms with Crippen LogP contribution in [0.5, 0.6) is 0 Å². The molecule has 0 bridgehead atoms. The van der Waals surface area contributed by atoms with Gasteiger partial charge in [-0.3, -0.25) is 0 Å². The molecule has 0 heteroatoms. The van der Waals surface area contributed by atoms with E-state index in [0.717, 1.165) is 0 Å². The van der Waals surface area contributed by atoms with E-state index >= 15 is 0 Å². The van der Waals surface area contributed by atoms with Crippen molar-refractivity contribution in [3.05, 3.63) is 0 Å². The summed E-state index contributed by atoms with van der Waals surface area (Å²) < 4.78 is 0. The second kappa shape index (κ2) is 47.3. The van der Waals surface area contributed by atoms with Crippen molar-refractivity contribution in [2.45, 2.75) is 43.6 Å². The van der Waals surface area contributed by atoms with E-state index in [1.165, 1.54) is 0 Å². The Morgan fingerprint density at radius 3 is 1.00 bits per heavy atom. The highest BCUT2D eigenvalue weighted by molar-refractivity contribution is 5.33. The molecule has 0 fully saturated rings. The Labute approximate surface area is 122 Å². The normalized spacial score (nSPS) is 2.67. The van der Waals surface area contributed by atoms with Gasteiger partial charge in [0.15, 0.2) is 0 Å². The predicted octanol–water partition coefficient (Wildman–Crippen LogP) is 4.82. The van der Waals surface area contributed by atoms with Gasteiger partial charge < -0.3 is 0 Å². The van der Waals surface area contributed by atoms with E-state index < -0.39 is 0 Å². The Bertz CT molecular complexity index is 427. The van der Waals surface area contributed by atoms with E-state index in [1.807, 2.05) is 0 Å². The first kappa shape index (κ1) is 36.2. The van der Waals surface area contributed by atoms with Gasteiger partial charge in [0.25, 0.3) is 0 Å². The largest absolute Gasteiger partial charge is 0.106 e. The molecule has 0 unspecified atom stereocenters. The van der Waals surface area contributed by atoms with Crippen LogP contribution in [-0.4, -0.2) is 0 Å². The molecule has 0 radical (unpaired) electrons. The van der Waals surface area contributed by atoms with Gasteiger partial charge in [0.05, 0.1) is 0 Å². The standard InChI is InChI=1S/2C7H4.4CH4.4H2/c2*1-3-5-7-6-4-2;;;;;;;;/h2*1H,2H3;4*1H4;4*1H. The maximum absolute atomic E-state index is 4.78. The van der Waals surface area contributed by atoms with Crippen molar-refractivity contribution in [3.63, 3.8) is 0 Å². The first-order chi connectivity index (χ1) is 6.83. The maximum atomic E-state index is 4.78. The molecule has 0 aromatic carbocycles. The van der Waals surface area contributed by atoms with Gasteiger partial charge >= 0.3 is 0 Å². The van der Waals surface area contributed by atoms with E-state index in [-0.39, 0.29) is 35.4 Å². The minimum Gasteiger partial charge on any atom is -0.106 e. The molecule has 104 valence electrons. The van der Waals surface area contributed by atoms with Crippen molar-refractivity contribution in [1.82, 2.24) is 0 Å². The van der Waals surface area contributed by atoms with Crippen molar-refractivity contribution in [2.75, 3.05) is 0 Å². The minimum absolute atomic E-state index is 0. The summed E-state index contributed by atoms with van der Waals surface area (Å²) in [7, 11) is 0. The smallest absolute Gasteiger partial charge is 0 e. The summed E-state index contributed by atoms with van der Waals surface area (Å²) in [6.07, 6.45) is 9.56. The molecule has 0 spiro atoms. The highest BCUT2D eigenvalue weighted by atomic mass is 13.5. The summed E-state index contributed by atoms with van der Waals surface area (Å²) in [6, 6.07) is 0. The maximum Gasteiger partial charge on any atom is 0 e. The summed E-state index contributed by atoms with van der Waals surface area (Å²) in [6.45, 7) is 3.43. The lowest BCUT2D eigenvalue weighted by atomic mass is 10.5. The highest BCUT2D eigenvalue weighted by Crippen LogP contribution is 1.49. The van der Waals surface area contributed by atoms with Crippen LogP contribution in [0.2, 0.25) is 0 Å². The topological polar surface area (TPSA) is 0 Å². The van der Waals surface area contributed by atoms with Gasteiger partial charge in [0, 0.05) is 5.71 Å². The Kier molecular flexibility index (Phi) is 95.0. The van der Waals surface area contributed by atoms with Crippen molar-refractivity contribution in [2.24, 2.45) is 0 Å². The zero-order valence-electron chi connectivity index (χ0n) is 8.15. The van der Waals surface area contributed by atoms with Crippen molar-refractivity contribution in [3.8, 4) is 72.1 Å². The van der Waals surface area contributed by atoms with Crippen LogP contribution >= 0.6 is 0 Å². The molecule has 0 saturated heterocycles. The lowest BCUT2D eigenvalue weighted by Crippen LogP contribution is -1.46. The molecule has 0 aromatic rings. The summed E-state index contributed by atoms with van der Waals surface area (Å²) >= 11 is 0. The number of terminal acetylenes is 2. The molecule has 0 rings (SSSR count). The molecular weight excluding hydrogens is 216 g/mol. The molecule has 0 aliphatic carbocycles. The summed E-state index contributed by atoms with van der Waals surface area (Å²) in [5.74, 6) is 24.0. The highest BCUT2D eigenvalue weighted by Gasteiger charge is 1.46. The molecule has 18 heavy (non-hydrogen) atoms. The molecule has 0 aromatic heterocycles. The fourth-order valence-electron chi connectivity index (χ4n) is 0.260. The van der Waals surface area contributed by atoms with Crippen LogP contribution in [0.1, 0.15) is 49.3 Å². The second-order valence-corrected chi connectivity index (χ2v) is 1.54. The van der Waals surface area contributed by atoms with Gasteiger partial charge in [0.1, 0.15) is 0 Å². The lowest BCUT2D eigenvalue weighted by Gasteiger charge is -1.49. The van der Waals surface area contributed by atoms with Gasteiger partial charge in [-0.05, 0) is 61.2 Å². The fourth-order valence-corrected chi connectivity index (χ4v) is 0.260. The Balaban J connectivity index is -0.0000000120. The van der Waals surface area contributed by atoms with Crippen molar-refractivity contribution >= 4 is 0 Å². The Morgan fingerprint density at radius 1 is 0.556 bits per heavy atom. The van der Waals surface area contributed by atoms with Crippen molar-refractivity contribution < 1.29 is 5.71 Å². The van der Waals surface area contributed by atoms with E-state index in [2.05, 4.69) is 59.2 Å². The van der Waals surface area contributed by atoms with Crippen LogP contribution in [-0.2, 0) is 0 Å². The summed E-state index contributed by atoms with van der Waals surface area (Å²) in [5.41, 5.74) is 0. The zero-order valence-corrected chi connectivity index (χ0v) is 8.15. The van der Waals surface area contributed by atoms with Crippen LogP contribution in [0.4, 0.5) is 0 Å². The molecule has 0 N–H and O–H groups in total. The predicted molar refractivity (Wildman–Crippen MR) is 95.5 cm³/mol. The SMILES string of the molecule is C.C.C.C.C#CC#CC#CC.C#CC#CC#CC.[HH].[HH].[HH].[HH]. The van der Waals surface area contributed by atoms with Crippen LogP contribution in [0.15, 0.2) is 0 Å². The number of hydrogen-bond acceptors (Lipinski definition) is 0. The van der Waals surface area contributed by atoms with E-state index in [4.69, 9.17) is 12.8 Å². The van der Waals surface area contributed by atoms with Gasteiger partial charge in [-0.25, -0.2) is 0 Å². The monoisotopic (exact) mass is 248 g/mol.